The number of benzene rings is 1. The third-order valence-corrected chi connectivity index (χ3v) is 3.91. The lowest BCUT2D eigenvalue weighted by Gasteiger charge is -2.27. The zero-order valence-electron chi connectivity index (χ0n) is 10.7. The fraction of sp³-hybridized carbons (Fsp3) is 0.600. The quantitative estimate of drug-likeness (QED) is 0.842. The van der Waals surface area contributed by atoms with Crippen LogP contribution in [0.3, 0.4) is 0 Å². The Balaban J connectivity index is 1.89. The molecule has 0 radical (unpaired) electrons. The van der Waals surface area contributed by atoms with Crippen LogP contribution in [-0.4, -0.2) is 12.6 Å². The molecule has 1 aromatic carbocycles. The number of aryl methyl sites for hydroxylation is 1. The van der Waals surface area contributed by atoms with Crippen LogP contribution < -0.4 is 10.6 Å². The number of nitrogens with two attached hydrogens (primary N) is 1. The Morgan fingerprint density at radius 1 is 1.24 bits per heavy atom. The number of anilines is 1. The Morgan fingerprint density at radius 3 is 2.59 bits per heavy atom. The zero-order chi connectivity index (χ0) is 11.8. The molecule has 2 aliphatic carbocycles. The number of hydrogen-bond acceptors (Lipinski definition) is 2. The van der Waals surface area contributed by atoms with E-state index in [1.54, 1.807) is 0 Å². The van der Waals surface area contributed by atoms with Gasteiger partial charge in [-0.2, -0.15) is 0 Å². The average Bonchev–Trinajstić information content (AvgIpc) is 3.17. The summed E-state index contributed by atoms with van der Waals surface area (Å²) in [5.74, 6) is 0.946. The molecule has 2 N–H and O–H groups in total. The predicted molar refractivity (Wildman–Crippen MR) is 72.2 cm³/mol. The second-order valence-corrected chi connectivity index (χ2v) is 5.66. The third-order valence-electron chi connectivity index (χ3n) is 3.91. The maximum absolute atomic E-state index is 5.88. The second-order valence-electron chi connectivity index (χ2n) is 5.66. The molecular formula is C15H22N2. The molecule has 0 saturated heterocycles. The molecule has 0 aliphatic heterocycles. The molecule has 2 heteroatoms. The van der Waals surface area contributed by atoms with Gasteiger partial charge in [0.25, 0.3) is 0 Å². The molecule has 0 unspecified atom stereocenters. The van der Waals surface area contributed by atoms with Gasteiger partial charge in [-0.1, -0.05) is 12.1 Å². The Kier molecular flexibility index (Phi) is 2.83. The van der Waals surface area contributed by atoms with Gasteiger partial charge in [-0.15, -0.1) is 0 Å². The van der Waals surface area contributed by atoms with Crippen LogP contribution in [0.1, 0.15) is 36.8 Å². The summed E-state index contributed by atoms with van der Waals surface area (Å²) in [5.41, 5.74) is 9.94. The molecule has 0 spiro atoms. The van der Waals surface area contributed by atoms with E-state index >= 15 is 0 Å². The smallest absolute Gasteiger partial charge is 0.0417 e. The number of rotatable bonds is 5. The molecule has 0 aromatic heterocycles. The van der Waals surface area contributed by atoms with Gasteiger partial charge in [0.05, 0.1) is 0 Å². The Labute approximate surface area is 104 Å². The lowest BCUT2D eigenvalue weighted by Crippen LogP contribution is -2.29. The van der Waals surface area contributed by atoms with Crippen LogP contribution in [0.4, 0.5) is 5.69 Å². The van der Waals surface area contributed by atoms with Gasteiger partial charge in [-0.05, 0) is 55.7 Å². The van der Waals surface area contributed by atoms with Crippen LogP contribution in [0, 0.1) is 12.8 Å². The maximum Gasteiger partial charge on any atom is 0.0417 e. The van der Waals surface area contributed by atoms with Gasteiger partial charge in [0.2, 0.25) is 0 Å². The van der Waals surface area contributed by atoms with Crippen molar-refractivity contribution in [2.75, 3.05) is 11.4 Å². The molecular weight excluding hydrogens is 208 g/mol. The van der Waals surface area contributed by atoms with E-state index in [0.717, 1.165) is 12.0 Å². The van der Waals surface area contributed by atoms with Crippen LogP contribution in [0.15, 0.2) is 18.2 Å². The summed E-state index contributed by atoms with van der Waals surface area (Å²) in [4.78, 5) is 2.63. The highest BCUT2D eigenvalue weighted by atomic mass is 15.2. The van der Waals surface area contributed by atoms with E-state index < -0.39 is 0 Å². The number of nitrogens with zero attached hydrogens (tertiary/aromatic N) is 1. The first-order valence-corrected chi connectivity index (χ1v) is 6.84. The fourth-order valence-corrected chi connectivity index (χ4v) is 2.52. The largest absolute Gasteiger partial charge is 0.368 e. The molecule has 2 nitrogen and oxygen atoms in total. The molecule has 0 heterocycles. The molecule has 2 aliphatic rings. The van der Waals surface area contributed by atoms with E-state index in [1.807, 2.05) is 0 Å². The Hall–Kier alpha value is -1.02. The highest BCUT2D eigenvalue weighted by molar-refractivity contribution is 5.57. The summed E-state index contributed by atoms with van der Waals surface area (Å²) in [7, 11) is 0. The van der Waals surface area contributed by atoms with E-state index in [1.165, 1.54) is 49.0 Å². The molecule has 3 rings (SSSR count). The lowest BCUT2D eigenvalue weighted by atomic mass is 10.1. The molecule has 17 heavy (non-hydrogen) atoms. The highest BCUT2D eigenvalue weighted by Gasteiger charge is 2.34. The molecule has 0 atom stereocenters. The van der Waals surface area contributed by atoms with Gasteiger partial charge in [-0.25, -0.2) is 0 Å². The standard InChI is InChI=1S/C15H22N2/c1-11-2-5-13(9-16)15(8-11)17(14-6-7-14)10-12-3-4-12/h2,5,8,12,14H,3-4,6-7,9-10,16H2,1H3. The van der Waals surface area contributed by atoms with Crippen molar-refractivity contribution in [3.05, 3.63) is 29.3 Å². The highest BCUT2D eigenvalue weighted by Crippen LogP contribution is 2.39. The lowest BCUT2D eigenvalue weighted by molar-refractivity contribution is 0.714. The zero-order valence-corrected chi connectivity index (χ0v) is 10.7. The summed E-state index contributed by atoms with van der Waals surface area (Å²) in [6.45, 7) is 4.08. The monoisotopic (exact) mass is 230 g/mol. The summed E-state index contributed by atoms with van der Waals surface area (Å²) in [6.07, 6.45) is 5.58. The van der Waals surface area contributed by atoms with E-state index in [-0.39, 0.29) is 0 Å². The normalized spacial score (nSPS) is 19.4. The fourth-order valence-electron chi connectivity index (χ4n) is 2.52. The van der Waals surface area contributed by atoms with E-state index in [9.17, 15) is 0 Å². The van der Waals surface area contributed by atoms with Crippen LogP contribution >= 0.6 is 0 Å². The van der Waals surface area contributed by atoms with Gasteiger partial charge in [-0.3, -0.25) is 0 Å². The maximum atomic E-state index is 5.88. The van der Waals surface area contributed by atoms with E-state index in [0.29, 0.717) is 6.54 Å². The molecule has 1 aromatic rings. The Morgan fingerprint density at radius 2 is 2.00 bits per heavy atom. The molecule has 92 valence electrons. The predicted octanol–water partition coefficient (Wildman–Crippen LogP) is 2.83. The van der Waals surface area contributed by atoms with Gasteiger partial charge in [0, 0.05) is 24.8 Å². The van der Waals surface area contributed by atoms with Crippen LogP contribution in [-0.2, 0) is 6.54 Å². The van der Waals surface area contributed by atoms with Crippen molar-refractivity contribution < 1.29 is 0 Å². The molecule has 0 amide bonds. The van der Waals surface area contributed by atoms with Crippen LogP contribution in [0.2, 0.25) is 0 Å². The minimum absolute atomic E-state index is 0.656. The van der Waals surface area contributed by atoms with Crippen molar-refractivity contribution in [3.8, 4) is 0 Å². The summed E-state index contributed by atoms with van der Waals surface area (Å²) < 4.78 is 0. The van der Waals surface area contributed by atoms with Gasteiger partial charge in [0.15, 0.2) is 0 Å². The van der Waals surface area contributed by atoms with Gasteiger partial charge < -0.3 is 10.6 Å². The van der Waals surface area contributed by atoms with Gasteiger partial charge in [0.1, 0.15) is 0 Å². The van der Waals surface area contributed by atoms with Gasteiger partial charge >= 0.3 is 0 Å². The van der Waals surface area contributed by atoms with E-state index in [2.05, 4.69) is 30.0 Å². The molecule has 2 fully saturated rings. The third kappa shape index (κ3) is 2.47. The molecule has 2 saturated carbocycles. The first-order valence-electron chi connectivity index (χ1n) is 6.84. The summed E-state index contributed by atoms with van der Waals surface area (Å²) in [5, 5.41) is 0. The van der Waals surface area contributed by atoms with Crippen LogP contribution in [0.5, 0.6) is 0 Å². The van der Waals surface area contributed by atoms with Crippen molar-refractivity contribution in [2.45, 2.75) is 45.2 Å². The van der Waals surface area contributed by atoms with Crippen LogP contribution in [0.25, 0.3) is 0 Å². The average molecular weight is 230 g/mol. The Bertz CT molecular complexity index is 405. The summed E-state index contributed by atoms with van der Waals surface area (Å²) >= 11 is 0. The number of hydrogen-bond donors (Lipinski definition) is 1. The molecule has 0 bridgehead atoms. The first-order chi connectivity index (χ1) is 8.28. The van der Waals surface area contributed by atoms with Crippen molar-refractivity contribution in [3.63, 3.8) is 0 Å². The summed E-state index contributed by atoms with van der Waals surface area (Å²) in [6, 6.07) is 7.49. The minimum Gasteiger partial charge on any atom is -0.368 e. The first kappa shape index (κ1) is 11.1. The van der Waals surface area contributed by atoms with Crippen molar-refractivity contribution in [1.82, 2.24) is 0 Å². The van der Waals surface area contributed by atoms with E-state index in [4.69, 9.17) is 5.73 Å². The van der Waals surface area contributed by atoms with Crippen molar-refractivity contribution >= 4 is 5.69 Å². The SMILES string of the molecule is Cc1ccc(CN)c(N(CC2CC2)C2CC2)c1. The van der Waals surface area contributed by atoms with Crippen molar-refractivity contribution in [1.29, 1.82) is 0 Å². The second kappa shape index (κ2) is 4.34. The minimum atomic E-state index is 0.656. The van der Waals surface area contributed by atoms with Crippen molar-refractivity contribution in [2.24, 2.45) is 11.7 Å². The topological polar surface area (TPSA) is 29.3 Å².